The minimum Gasteiger partial charge on any atom is -0.394 e. The third kappa shape index (κ3) is 1.82. The van der Waals surface area contributed by atoms with Crippen LogP contribution >= 0.6 is 0 Å². The van der Waals surface area contributed by atoms with E-state index in [-0.39, 0.29) is 11.2 Å². The number of anilines is 1. The van der Waals surface area contributed by atoms with Gasteiger partial charge in [-0.1, -0.05) is 12.1 Å². The van der Waals surface area contributed by atoms with Crippen LogP contribution in [0.25, 0.3) is 5.69 Å². The van der Waals surface area contributed by atoms with Crippen molar-refractivity contribution in [1.29, 1.82) is 0 Å². The maximum Gasteiger partial charge on any atom is 0.294 e. The number of nitrogens with zero attached hydrogens (tertiary/aromatic N) is 2. The summed E-state index contributed by atoms with van der Waals surface area (Å²) in [5, 5.41) is 4.17. The molecule has 4 heteroatoms. The van der Waals surface area contributed by atoms with Gasteiger partial charge in [-0.05, 0) is 37.6 Å². The Morgan fingerprint density at radius 1 is 1.25 bits per heavy atom. The van der Waals surface area contributed by atoms with Gasteiger partial charge in [0, 0.05) is 0 Å². The molecule has 0 amide bonds. The number of aromatic nitrogens is 2. The summed E-state index contributed by atoms with van der Waals surface area (Å²) in [5.41, 5.74) is 8.09. The zero-order valence-corrected chi connectivity index (χ0v) is 9.27. The fourth-order valence-corrected chi connectivity index (χ4v) is 1.58. The highest BCUT2D eigenvalue weighted by atomic mass is 16.1. The Kier molecular flexibility index (Phi) is 2.48. The number of rotatable bonds is 1. The lowest BCUT2D eigenvalue weighted by Crippen LogP contribution is -2.24. The first-order valence-electron chi connectivity index (χ1n) is 5.01. The molecule has 0 unspecified atom stereocenters. The predicted octanol–water partition coefficient (Wildman–Crippen LogP) is 1.43. The molecule has 1 heterocycles. The van der Waals surface area contributed by atoms with Crippen molar-refractivity contribution in [3.63, 3.8) is 0 Å². The number of nitrogens with two attached hydrogens (primary N) is 1. The molecule has 2 N–H and O–H groups in total. The van der Waals surface area contributed by atoms with Gasteiger partial charge in [0.05, 0.1) is 11.4 Å². The van der Waals surface area contributed by atoms with Crippen LogP contribution in [0.1, 0.15) is 11.3 Å². The number of benzene rings is 1. The Labute approximate surface area is 93.3 Å². The molecular weight excluding hydrogens is 202 g/mol. The van der Waals surface area contributed by atoms with Crippen LogP contribution in [0.4, 0.5) is 5.69 Å². The molecule has 0 spiro atoms. The van der Waals surface area contributed by atoms with Gasteiger partial charge in [0.25, 0.3) is 5.56 Å². The zero-order chi connectivity index (χ0) is 11.7. The molecule has 1 aromatic carbocycles. The lowest BCUT2D eigenvalue weighted by atomic mass is 10.2. The van der Waals surface area contributed by atoms with E-state index in [0.29, 0.717) is 0 Å². The Hall–Kier alpha value is -2.10. The number of nitrogen functional groups attached to an aromatic ring is 1. The fourth-order valence-electron chi connectivity index (χ4n) is 1.58. The minimum absolute atomic E-state index is 0.217. The molecule has 0 saturated heterocycles. The van der Waals surface area contributed by atoms with Gasteiger partial charge in [0.2, 0.25) is 0 Å². The highest BCUT2D eigenvalue weighted by molar-refractivity contribution is 5.41. The van der Waals surface area contributed by atoms with Crippen molar-refractivity contribution in [1.82, 2.24) is 9.78 Å². The van der Waals surface area contributed by atoms with E-state index in [4.69, 9.17) is 5.73 Å². The standard InChI is InChI=1S/C12H13N3O/c1-8-4-3-5-10(6-8)15-12(16)11(13)7-9(2)14-15/h3-7H,13H2,1-2H3. The molecule has 0 fully saturated rings. The predicted molar refractivity (Wildman–Crippen MR) is 63.7 cm³/mol. The number of hydrogen-bond acceptors (Lipinski definition) is 3. The maximum absolute atomic E-state index is 11.8. The van der Waals surface area contributed by atoms with Crippen LogP contribution in [-0.2, 0) is 0 Å². The van der Waals surface area contributed by atoms with Crippen LogP contribution in [0.2, 0.25) is 0 Å². The molecule has 0 aliphatic heterocycles. The topological polar surface area (TPSA) is 60.9 Å². The van der Waals surface area contributed by atoms with E-state index in [1.807, 2.05) is 38.1 Å². The first-order chi connectivity index (χ1) is 7.58. The lowest BCUT2D eigenvalue weighted by molar-refractivity contribution is 0.788. The molecule has 0 aliphatic carbocycles. The van der Waals surface area contributed by atoms with Crippen molar-refractivity contribution in [2.45, 2.75) is 13.8 Å². The van der Waals surface area contributed by atoms with Crippen LogP contribution in [-0.4, -0.2) is 9.78 Å². The van der Waals surface area contributed by atoms with E-state index in [1.54, 1.807) is 6.07 Å². The van der Waals surface area contributed by atoms with Crippen molar-refractivity contribution in [2.75, 3.05) is 5.73 Å². The van der Waals surface area contributed by atoms with Crippen LogP contribution < -0.4 is 11.3 Å². The van der Waals surface area contributed by atoms with E-state index < -0.39 is 0 Å². The largest absolute Gasteiger partial charge is 0.394 e. The third-order valence-electron chi connectivity index (χ3n) is 2.31. The summed E-state index contributed by atoms with van der Waals surface area (Å²) < 4.78 is 1.33. The summed E-state index contributed by atoms with van der Waals surface area (Å²) in [4.78, 5) is 11.8. The third-order valence-corrected chi connectivity index (χ3v) is 2.31. The lowest BCUT2D eigenvalue weighted by Gasteiger charge is -2.07. The van der Waals surface area contributed by atoms with Gasteiger partial charge in [0.1, 0.15) is 5.69 Å². The zero-order valence-electron chi connectivity index (χ0n) is 9.27. The summed E-state index contributed by atoms with van der Waals surface area (Å²) in [5.74, 6) is 0. The quantitative estimate of drug-likeness (QED) is 0.782. The second-order valence-electron chi connectivity index (χ2n) is 3.80. The summed E-state index contributed by atoms with van der Waals surface area (Å²) >= 11 is 0. The normalized spacial score (nSPS) is 10.4. The van der Waals surface area contributed by atoms with Gasteiger partial charge in [-0.3, -0.25) is 4.79 Å². The summed E-state index contributed by atoms with van der Waals surface area (Å²) in [6.45, 7) is 3.77. The molecule has 0 aliphatic rings. The van der Waals surface area contributed by atoms with Gasteiger partial charge in [-0.15, -0.1) is 0 Å². The summed E-state index contributed by atoms with van der Waals surface area (Å²) in [6, 6.07) is 9.16. The first kappa shape index (κ1) is 10.4. The summed E-state index contributed by atoms with van der Waals surface area (Å²) in [7, 11) is 0. The van der Waals surface area contributed by atoms with Crippen LogP contribution in [0.3, 0.4) is 0 Å². The second kappa shape index (κ2) is 3.81. The van der Waals surface area contributed by atoms with Crippen molar-refractivity contribution in [3.05, 3.63) is 51.9 Å². The summed E-state index contributed by atoms with van der Waals surface area (Å²) in [6.07, 6.45) is 0. The van der Waals surface area contributed by atoms with Gasteiger partial charge in [-0.2, -0.15) is 9.78 Å². The molecule has 16 heavy (non-hydrogen) atoms. The highest BCUT2D eigenvalue weighted by Gasteiger charge is 2.05. The van der Waals surface area contributed by atoms with Crippen LogP contribution in [0.5, 0.6) is 0 Å². The average molecular weight is 215 g/mol. The van der Waals surface area contributed by atoms with Crippen LogP contribution in [0, 0.1) is 13.8 Å². The SMILES string of the molecule is Cc1cccc(-n2nc(C)cc(N)c2=O)c1. The van der Waals surface area contributed by atoms with Crippen molar-refractivity contribution < 1.29 is 0 Å². The van der Waals surface area contributed by atoms with Crippen molar-refractivity contribution >= 4 is 5.69 Å². The Balaban J connectivity index is 2.69. The van der Waals surface area contributed by atoms with Gasteiger partial charge < -0.3 is 5.73 Å². The van der Waals surface area contributed by atoms with E-state index in [0.717, 1.165) is 16.9 Å². The van der Waals surface area contributed by atoms with E-state index in [9.17, 15) is 4.79 Å². The Bertz CT molecular complexity index is 587. The monoisotopic (exact) mass is 215 g/mol. The highest BCUT2D eigenvalue weighted by Crippen LogP contribution is 2.08. The van der Waals surface area contributed by atoms with Crippen molar-refractivity contribution in [2.24, 2.45) is 0 Å². The molecule has 1 aromatic heterocycles. The molecule has 2 rings (SSSR count). The van der Waals surface area contributed by atoms with Crippen LogP contribution in [0.15, 0.2) is 35.1 Å². The van der Waals surface area contributed by atoms with E-state index in [2.05, 4.69) is 5.10 Å². The number of aryl methyl sites for hydroxylation is 2. The molecule has 2 aromatic rings. The smallest absolute Gasteiger partial charge is 0.294 e. The van der Waals surface area contributed by atoms with E-state index in [1.165, 1.54) is 4.68 Å². The molecular formula is C12H13N3O. The fraction of sp³-hybridized carbons (Fsp3) is 0.167. The van der Waals surface area contributed by atoms with Gasteiger partial charge >= 0.3 is 0 Å². The van der Waals surface area contributed by atoms with Crippen molar-refractivity contribution in [3.8, 4) is 5.69 Å². The Morgan fingerprint density at radius 3 is 2.69 bits per heavy atom. The minimum atomic E-state index is -0.281. The molecule has 0 saturated carbocycles. The molecule has 82 valence electrons. The van der Waals surface area contributed by atoms with E-state index >= 15 is 0 Å². The van der Waals surface area contributed by atoms with Gasteiger partial charge in [-0.25, -0.2) is 0 Å². The first-order valence-corrected chi connectivity index (χ1v) is 5.01. The molecule has 0 bridgehead atoms. The molecule has 4 nitrogen and oxygen atoms in total. The average Bonchev–Trinajstić information content (AvgIpc) is 2.23. The maximum atomic E-state index is 11.8. The second-order valence-corrected chi connectivity index (χ2v) is 3.80. The molecule has 0 radical (unpaired) electrons. The number of hydrogen-bond donors (Lipinski definition) is 1. The molecule has 0 atom stereocenters. The van der Waals surface area contributed by atoms with Gasteiger partial charge in [0.15, 0.2) is 0 Å². The Morgan fingerprint density at radius 2 is 2.00 bits per heavy atom.